The number of nitrogens with one attached hydrogen (secondary N) is 1. The van der Waals surface area contributed by atoms with E-state index in [4.69, 9.17) is 4.98 Å². The lowest BCUT2D eigenvalue weighted by atomic mass is 10.1. The average Bonchev–Trinajstić information content (AvgIpc) is 3.40. The van der Waals surface area contributed by atoms with E-state index in [0.717, 1.165) is 63.1 Å². The summed E-state index contributed by atoms with van der Waals surface area (Å²) in [5.74, 6) is 0.885. The summed E-state index contributed by atoms with van der Waals surface area (Å²) in [6.45, 7) is 6.75. The van der Waals surface area contributed by atoms with Crippen LogP contribution in [0.25, 0.3) is 10.2 Å². The maximum absolute atomic E-state index is 13.4. The first kappa shape index (κ1) is 20.6. The molecule has 1 aliphatic rings. The molecule has 4 heterocycles. The van der Waals surface area contributed by atoms with Crippen molar-refractivity contribution in [1.29, 1.82) is 0 Å². The minimum atomic E-state index is -0.0355. The molecule has 162 valence electrons. The highest BCUT2D eigenvalue weighted by Crippen LogP contribution is 2.34. The Labute approximate surface area is 191 Å². The van der Waals surface area contributed by atoms with Gasteiger partial charge in [-0.05, 0) is 75.6 Å². The zero-order valence-electron chi connectivity index (χ0n) is 18.4. The summed E-state index contributed by atoms with van der Waals surface area (Å²) in [6, 6.07) is 13.8. The van der Waals surface area contributed by atoms with E-state index in [2.05, 4.69) is 15.3 Å². The Kier molecular flexibility index (Phi) is 5.35. The molecule has 7 heteroatoms. The Bertz CT molecular complexity index is 1310. The van der Waals surface area contributed by atoms with Crippen LogP contribution >= 0.6 is 11.3 Å². The van der Waals surface area contributed by atoms with Crippen molar-refractivity contribution >= 4 is 39.0 Å². The molecule has 3 aromatic heterocycles. The van der Waals surface area contributed by atoms with E-state index in [9.17, 15) is 4.79 Å². The van der Waals surface area contributed by atoms with Crippen LogP contribution in [0.5, 0.6) is 0 Å². The summed E-state index contributed by atoms with van der Waals surface area (Å²) in [6.07, 6.45) is 3.66. The van der Waals surface area contributed by atoms with E-state index >= 15 is 0 Å². The van der Waals surface area contributed by atoms with Crippen molar-refractivity contribution in [3.8, 4) is 0 Å². The van der Waals surface area contributed by atoms with E-state index in [1.54, 1.807) is 17.5 Å². The monoisotopic (exact) mass is 443 g/mol. The molecule has 4 aromatic rings. The van der Waals surface area contributed by atoms with Gasteiger partial charge in [0.05, 0.1) is 27.0 Å². The van der Waals surface area contributed by atoms with Gasteiger partial charge in [0, 0.05) is 29.7 Å². The first-order chi connectivity index (χ1) is 15.5. The van der Waals surface area contributed by atoms with Gasteiger partial charge in [-0.2, -0.15) is 0 Å². The summed E-state index contributed by atoms with van der Waals surface area (Å²) in [5, 5.41) is 4.42. The normalized spacial score (nSPS) is 16.0. The third kappa shape index (κ3) is 3.96. The van der Waals surface area contributed by atoms with Gasteiger partial charge in [-0.25, -0.2) is 9.97 Å². The molecule has 0 unspecified atom stereocenters. The Morgan fingerprint density at radius 2 is 2.00 bits per heavy atom. The summed E-state index contributed by atoms with van der Waals surface area (Å²) in [5.41, 5.74) is 5.51. The lowest BCUT2D eigenvalue weighted by Crippen LogP contribution is -2.31. The van der Waals surface area contributed by atoms with Crippen LogP contribution in [0, 0.1) is 20.8 Å². The Morgan fingerprint density at radius 1 is 1.12 bits per heavy atom. The zero-order chi connectivity index (χ0) is 22.2. The molecule has 0 bridgehead atoms. The fourth-order valence-electron chi connectivity index (χ4n) is 4.35. The van der Waals surface area contributed by atoms with Crippen LogP contribution in [0.3, 0.4) is 0 Å². The number of fused-ring (bicyclic) bond motifs is 1. The molecule has 1 N–H and O–H groups in total. The number of thiazole rings is 1. The lowest BCUT2D eigenvalue weighted by Gasteiger charge is -2.25. The molecule has 1 aliphatic heterocycles. The van der Waals surface area contributed by atoms with Crippen LogP contribution in [0.4, 0.5) is 11.5 Å². The molecular formula is C25H25N5OS. The van der Waals surface area contributed by atoms with Gasteiger partial charge in [-0.15, -0.1) is 11.3 Å². The Hall–Kier alpha value is -3.32. The number of pyridine rings is 2. The molecule has 5 rings (SSSR count). The number of benzene rings is 1. The van der Waals surface area contributed by atoms with Crippen molar-refractivity contribution in [3.63, 3.8) is 0 Å². The fraction of sp³-hybridized carbons (Fsp3) is 0.280. The maximum Gasteiger partial charge on any atom is 0.254 e. The molecule has 1 aromatic carbocycles. The number of carbonyl (C=O) groups excluding carboxylic acids is 1. The summed E-state index contributed by atoms with van der Waals surface area (Å²) in [4.78, 5) is 29.2. The zero-order valence-corrected chi connectivity index (χ0v) is 19.2. The second-order valence-electron chi connectivity index (χ2n) is 8.29. The van der Waals surface area contributed by atoms with Crippen molar-refractivity contribution in [1.82, 2.24) is 19.9 Å². The molecule has 1 fully saturated rings. The summed E-state index contributed by atoms with van der Waals surface area (Å²) in [7, 11) is 0. The van der Waals surface area contributed by atoms with Gasteiger partial charge in [0.15, 0.2) is 0 Å². The molecule has 0 spiro atoms. The third-order valence-corrected chi connectivity index (χ3v) is 6.78. The van der Waals surface area contributed by atoms with Gasteiger partial charge in [0.1, 0.15) is 5.82 Å². The van der Waals surface area contributed by atoms with Gasteiger partial charge in [0.2, 0.25) is 0 Å². The number of carbonyl (C=O) groups is 1. The molecule has 1 atom stereocenters. The predicted octanol–water partition coefficient (Wildman–Crippen LogP) is 5.73. The predicted molar refractivity (Wildman–Crippen MR) is 129 cm³/mol. The van der Waals surface area contributed by atoms with E-state index in [1.807, 2.05) is 68.1 Å². The molecule has 0 saturated carbocycles. The highest BCUT2D eigenvalue weighted by molar-refractivity contribution is 7.18. The second-order valence-corrected chi connectivity index (χ2v) is 9.52. The van der Waals surface area contributed by atoms with Crippen molar-refractivity contribution in [3.05, 3.63) is 76.2 Å². The van der Waals surface area contributed by atoms with Crippen LogP contribution in [-0.4, -0.2) is 32.3 Å². The quantitative estimate of drug-likeness (QED) is 0.436. The number of likely N-dealkylation sites (tertiary alicyclic amines) is 1. The van der Waals surface area contributed by atoms with E-state index < -0.39 is 0 Å². The van der Waals surface area contributed by atoms with Crippen molar-refractivity contribution in [2.45, 2.75) is 39.7 Å². The van der Waals surface area contributed by atoms with Gasteiger partial charge in [-0.3, -0.25) is 9.78 Å². The molecule has 1 amide bonds. The SMILES string of the molecule is Cc1cc(Nc2ncccc2C)cc([C@H]2CCCN2C(=O)c2ccc3nc(C)sc3c2)n1. The number of aryl methyl sites for hydroxylation is 3. The molecule has 0 radical (unpaired) electrons. The Balaban J connectivity index is 1.44. The van der Waals surface area contributed by atoms with Crippen molar-refractivity contribution in [2.75, 3.05) is 11.9 Å². The number of aromatic nitrogens is 3. The first-order valence-electron chi connectivity index (χ1n) is 10.8. The maximum atomic E-state index is 13.4. The number of rotatable bonds is 4. The molecule has 32 heavy (non-hydrogen) atoms. The van der Waals surface area contributed by atoms with E-state index in [-0.39, 0.29) is 11.9 Å². The van der Waals surface area contributed by atoms with Crippen LogP contribution < -0.4 is 5.32 Å². The number of anilines is 2. The van der Waals surface area contributed by atoms with Crippen molar-refractivity contribution in [2.24, 2.45) is 0 Å². The van der Waals surface area contributed by atoms with Gasteiger partial charge in [0.25, 0.3) is 5.91 Å². The van der Waals surface area contributed by atoms with Crippen LogP contribution in [0.15, 0.2) is 48.7 Å². The number of nitrogens with zero attached hydrogens (tertiary/aromatic N) is 4. The lowest BCUT2D eigenvalue weighted by molar-refractivity contribution is 0.0733. The fourth-order valence-corrected chi connectivity index (χ4v) is 5.21. The topological polar surface area (TPSA) is 71.0 Å². The smallest absolute Gasteiger partial charge is 0.254 e. The molecule has 6 nitrogen and oxygen atoms in total. The number of amides is 1. The standard InChI is InChI=1S/C25H25N5OS/c1-15-6-4-10-26-24(15)29-19-12-16(2)27-21(14-19)22-7-5-11-30(22)25(31)18-8-9-20-23(13-18)32-17(3)28-20/h4,6,8-10,12-14,22H,5,7,11H2,1-3H3,(H,26,27,29)/t22-/m1/s1. The van der Waals surface area contributed by atoms with E-state index in [1.165, 1.54) is 0 Å². The molecular weight excluding hydrogens is 418 g/mol. The summed E-state index contributed by atoms with van der Waals surface area (Å²) < 4.78 is 1.05. The van der Waals surface area contributed by atoms with Crippen LogP contribution in [-0.2, 0) is 0 Å². The largest absolute Gasteiger partial charge is 0.340 e. The number of hydrogen-bond acceptors (Lipinski definition) is 6. The average molecular weight is 444 g/mol. The van der Waals surface area contributed by atoms with Gasteiger partial charge >= 0.3 is 0 Å². The number of hydrogen-bond donors (Lipinski definition) is 1. The Morgan fingerprint density at radius 3 is 2.84 bits per heavy atom. The minimum absolute atomic E-state index is 0.0355. The minimum Gasteiger partial charge on any atom is -0.340 e. The molecule has 1 saturated heterocycles. The van der Waals surface area contributed by atoms with Crippen molar-refractivity contribution < 1.29 is 4.79 Å². The summed E-state index contributed by atoms with van der Waals surface area (Å²) >= 11 is 1.62. The van der Waals surface area contributed by atoms with Gasteiger partial charge < -0.3 is 10.2 Å². The third-order valence-electron chi connectivity index (χ3n) is 5.84. The first-order valence-corrected chi connectivity index (χ1v) is 11.6. The second kappa shape index (κ2) is 8.31. The van der Waals surface area contributed by atoms with Crippen LogP contribution in [0.1, 0.15) is 51.2 Å². The van der Waals surface area contributed by atoms with Crippen LogP contribution in [0.2, 0.25) is 0 Å². The highest BCUT2D eigenvalue weighted by Gasteiger charge is 2.32. The van der Waals surface area contributed by atoms with Gasteiger partial charge in [-0.1, -0.05) is 6.07 Å². The van der Waals surface area contributed by atoms with E-state index in [0.29, 0.717) is 5.56 Å². The molecule has 0 aliphatic carbocycles. The highest BCUT2D eigenvalue weighted by atomic mass is 32.1.